The van der Waals surface area contributed by atoms with Crippen molar-refractivity contribution in [3.05, 3.63) is 89.4 Å². The highest BCUT2D eigenvalue weighted by molar-refractivity contribution is 6.03. The van der Waals surface area contributed by atoms with E-state index in [0.717, 1.165) is 35.4 Å². The molecule has 2 aliphatic rings. The van der Waals surface area contributed by atoms with Crippen molar-refractivity contribution in [3.8, 4) is 5.75 Å². The fourth-order valence-corrected chi connectivity index (χ4v) is 4.41. The fourth-order valence-electron chi connectivity index (χ4n) is 4.41. The van der Waals surface area contributed by atoms with E-state index in [-0.39, 0.29) is 18.5 Å². The van der Waals surface area contributed by atoms with Crippen LogP contribution in [0.2, 0.25) is 0 Å². The maximum Gasteiger partial charge on any atom is 0.257 e. The lowest BCUT2D eigenvalue weighted by Gasteiger charge is -2.26. The number of ether oxygens (including phenoxy) is 1. The van der Waals surface area contributed by atoms with Gasteiger partial charge in [0.05, 0.1) is 25.6 Å². The Kier molecular flexibility index (Phi) is 6.37. The van der Waals surface area contributed by atoms with Crippen LogP contribution in [-0.2, 0) is 11.3 Å². The number of methoxy groups -OCH3 is 1. The van der Waals surface area contributed by atoms with Crippen molar-refractivity contribution in [1.82, 2.24) is 9.91 Å². The molecule has 0 radical (unpaired) electrons. The van der Waals surface area contributed by atoms with Crippen LogP contribution >= 0.6 is 0 Å². The van der Waals surface area contributed by atoms with Gasteiger partial charge in [-0.2, -0.15) is 5.10 Å². The summed E-state index contributed by atoms with van der Waals surface area (Å²) in [4.78, 5) is 27.1. The Hall–Kier alpha value is -3.91. The summed E-state index contributed by atoms with van der Waals surface area (Å²) >= 11 is 0. The number of nitrogens with two attached hydrogens (primary N) is 1. The van der Waals surface area contributed by atoms with Gasteiger partial charge < -0.3 is 14.9 Å². The zero-order valence-corrected chi connectivity index (χ0v) is 19.6. The predicted molar refractivity (Wildman–Crippen MR) is 131 cm³/mol. The number of primary amides is 1. The smallest absolute Gasteiger partial charge is 0.257 e. The SMILES string of the molecule is COc1ccc(C2=NN(C(=O)CN(Cc3ccc(C(N)=O)cc3)C3CC3)C(c3ccco3)C2)cc1. The second-order valence-electron chi connectivity index (χ2n) is 8.95. The average Bonchev–Trinajstić information content (AvgIpc) is 3.39. The number of carbonyl (C=O) groups excluding carboxylic acids is 2. The highest BCUT2D eigenvalue weighted by Gasteiger charge is 2.37. The second-order valence-corrected chi connectivity index (χ2v) is 8.95. The molecule has 8 nitrogen and oxygen atoms in total. The quantitative estimate of drug-likeness (QED) is 0.511. The summed E-state index contributed by atoms with van der Waals surface area (Å²) in [5.41, 5.74) is 8.64. The Labute approximate surface area is 204 Å². The molecule has 0 saturated heterocycles. The molecular formula is C27H28N4O4. The van der Waals surface area contributed by atoms with E-state index >= 15 is 0 Å². The first-order valence-corrected chi connectivity index (χ1v) is 11.7. The van der Waals surface area contributed by atoms with Crippen molar-refractivity contribution >= 4 is 17.5 Å². The molecule has 8 heteroatoms. The lowest BCUT2D eigenvalue weighted by molar-refractivity contribution is -0.134. The number of amides is 2. The van der Waals surface area contributed by atoms with Crippen LogP contribution < -0.4 is 10.5 Å². The minimum absolute atomic E-state index is 0.0735. The normalized spacial score (nSPS) is 17.5. The summed E-state index contributed by atoms with van der Waals surface area (Å²) in [6, 6.07) is 18.7. The van der Waals surface area contributed by atoms with E-state index in [1.807, 2.05) is 48.5 Å². The van der Waals surface area contributed by atoms with Gasteiger partial charge in [0.1, 0.15) is 17.6 Å². The van der Waals surface area contributed by atoms with Crippen LogP contribution in [0.1, 0.15) is 52.5 Å². The molecule has 1 aliphatic heterocycles. The number of rotatable bonds is 9. The molecule has 1 fully saturated rings. The van der Waals surface area contributed by atoms with E-state index in [4.69, 9.17) is 20.0 Å². The van der Waals surface area contributed by atoms with E-state index in [0.29, 0.717) is 30.3 Å². The third-order valence-corrected chi connectivity index (χ3v) is 6.49. The van der Waals surface area contributed by atoms with Crippen LogP contribution in [0.4, 0.5) is 0 Å². The number of hydrogen-bond acceptors (Lipinski definition) is 6. The summed E-state index contributed by atoms with van der Waals surface area (Å²) in [6.45, 7) is 0.864. The third kappa shape index (κ3) is 5.12. The van der Waals surface area contributed by atoms with Crippen LogP contribution in [0.25, 0.3) is 0 Å². The van der Waals surface area contributed by atoms with Crippen LogP contribution in [0, 0.1) is 0 Å². The zero-order chi connectivity index (χ0) is 24.4. The highest BCUT2D eigenvalue weighted by Crippen LogP contribution is 2.34. The first-order chi connectivity index (χ1) is 17.0. The standard InChI is InChI=1S/C27H28N4O4/c1-34-22-12-8-19(9-13-22)23-15-24(25-3-2-14-35-25)31(29-23)26(32)17-30(21-10-11-21)16-18-4-6-20(7-5-18)27(28)33/h2-9,12-14,21,24H,10-11,15-17H2,1H3,(H2,28,33). The summed E-state index contributed by atoms with van der Waals surface area (Å²) in [7, 11) is 1.63. The number of hydrazone groups is 1. The van der Waals surface area contributed by atoms with E-state index < -0.39 is 5.91 Å². The van der Waals surface area contributed by atoms with Crippen LogP contribution in [0.15, 0.2) is 76.4 Å². The van der Waals surface area contributed by atoms with Gasteiger partial charge in [0.25, 0.3) is 5.91 Å². The second kappa shape index (κ2) is 9.76. The lowest BCUT2D eigenvalue weighted by Crippen LogP contribution is -2.39. The molecule has 1 aliphatic carbocycles. The molecule has 1 saturated carbocycles. The first kappa shape index (κ1) is 22.9. The fraction of sp³-hybridized carbons (Fsp3) is 0.296. The van der Waals surface area contributed by atoms with E-state index in [1.54, 1.807) is 30.5 Å². The lowest BCUT2D eigenvalue weighted by atomic mass is 10.0. The van der Waals surface area contributed by atoms with Gasteiger partial charge in [-0.3, -0.25) is 14.5 Å². The van der Waals surface area contributed by atoms with Crippen molar-refractivity contribution in [2.45, 2.75) is 37.9 Å². The van der Waals surface area contributed by atoms with Crippen molar-refractivity contribution in [1.29, 1.82) is 0 Å². The van der Waals surface area contributed by atoms with Crippen LogP contribution in [0.5, 0.6) is 5.75 Å². The van der Waals surface area contributed by atoms with Crippen molar-refractivity contribution < 1.29 is 18.7 Å². The molecule has 1 aromatic heterocycles. The number of nitrogens with zero attached hydrogens (tertiary/aromatic N) is 3. The topological polar surface area (TPSA) is 101 Å². The summed E-state index contributed by atoms with van der Waals surface area (Å²) < 4.78 is 10.9. The van der Waals surface area contributed by atoms with Crippen LogP contribution in [-0.4, -0.2) is 47.1 Å². The van der Waals surface area contributed by atoms with Gasteiger partial charge in [-0.15, -0.1) is 0 Å². The van der Waals surface area contributed by atoms with Gasteiger partial charge in [-0.25, -0.2) is 5.01 Å². The minimum Gasteiger partial charge on any atom is -0.497 e. The molecule has 2 heterocycles. The Bertz CT molecular complexity index is 1220. The Balaban J connectivity index is 1.35. The van der Waals surface area contributed by atoms with Gasteiger partial charge >= 0.3 is 0 Å². The van der Waals surface area contributed by atoms with Crippen LogP contribution in [0.3, 0.4) is 0 Å². The molecule has 3 aromatic rings. The van der Waals surface area contributed by atoms with Gasteiger partial charge in [0.2, 0.25) is 5.91 Å². The molecule has 2 amide bonds. The Morgan fingerprint density at radius 1 is 1.11 bits per heavy atom. The summed E-state index contributed by atoms with van der Waals surface area (Å²) in [6.07, 6.45) is 4.32. The van der Waals surface area contributed by atoms with Crippen molar-refractivity contribution in [3.63, 3.8) is 0 Å². The molecule has 2 aromatic carbocycles. The van der Waals surface area contributed by atoms with Gasteiger partial charge in [0.15, 0.2) is 0 Å². The average molecular weight is 473 g/mol. The van der Waals surface area contributed by atoms with Gasteiger partial charge in [-0.1, -0.05) is 12.1 Å². The molecule has 1 unspecified atom stereocenters. The maximum atomic E-state index is 13.6. The number of furan rings is 1. The maximum absolute atomic E-state index is 13.6. The largest absolute Gasteiger partial charge is 0.497 e. The molecule has 1 atom stereocenters. The third-order valence-electron chi connectivity index (χ3n) is 6.49. The minimum atomic E-state index is -0.450. The Morgan fingerprint density at radius 2 is 1.86 bits per heavy atom. The van der Waals surface area contributed by atoms with Gasteiger partial charge in [0, 0.05) is 24.6 Å². The molecule has 2 N–H and O–H groups in total. The summed E-state index contributed by atoms with van der Waals surface area (Å²) in [5, 5.41) is 6.32. The van der Waals surface area contributed by atoms with E-state index in [9.17, 15) is 9.59 Å². The monoisotopic (exact) mass is 472 g/mol. The zero-order valence-electron chi connectivity index (χ0n) is 19.6. The molecule has 0 bridgehead atoms. The number of carbonyl (C=O) groups is 2. The number of hydrogen-bond donors (Lipinski definition) is 1. The molecule has 5 rings (SSSR count). The Morgan fingerprint density at radius 3 is 2.46 bits per heavy atom. The van der Waals surface area contributed by atoms with E-state index in [1.165, 1.54) is 0 Å². The number of benzene rings is 2. The van der Waals surface area contributed by atoms with Gasteiger partial charge in [-0.05, 0) is 72.5 Å². The first-order valence-electron chi connectivity index (χ1n) is 11.7. The molecule has 180 valence electrons. The van der Waals surface area contributed by atoms with Crippen molar-refractivity contribution in [2.24, 2.45) is 10.8 Å². The van der Waals surface area contributed by atoms with E-state index in [2.05, 4.69) is 4.90 Å². The highest BCUT2D eigenvalue weighted by atomic mass is 16.5. The predicted octanol–water partition coefficient (Wildman–Crippen LogP) is 3.73. The molecule has 35 heavy (non-hydrogen) atoms. The summed E-state index contributed by atoms with van der Waals surface area (Å²) in [5.74, 6) is 0.960. The molecule has 0 spiro atoms. The molecular weight excluding hydrogens is 444 g/mol. The van der Waals surface area contributed by atoms with Crippen molar-refractivity contribution in [2.75, 3.05) is 13.7 Å².